The quantitative estimate of drug-likeness (QED) is 0.689. The molecule has 0 fully saturated rings. The molecule has 1 nitrogen and oxygen atoms in total. The lowest BCUT2D eigenvalue weighted by Gasteiger charge is -2.09. The van der Waals surface area contributed by atoms with Crippen LogP contribution >= 0.6 is 11.8 Å². The van der Waals surface area contributed by atoms with E-state index in [2.05, 4.69) is 39.0 Å². The van der Waals surface area contributed by atoms with Crippen molar-refractivity contribution in [1.82, 2.24) is 0 Å². The average molecular weight is 210 g/mol. The molecule has 0 aliphatic carbocycles. The fraction of sp³-hybridized carbons (Fsp3) is 0.500. The Morgan fingerprint density at radius 2 is 2.07 bits per heavy atom. The Bertz CT molecular complexity index is 284. The molecule has 0 saturated carbocycles. The number of hydrogen-bond acceptors (Lipinski definition) is 2. The molecule has 0 spiro atoms. The van der Waals surface area contributed by atoms with Gasteiger partial charge in [0.1, 0.15) is 5.75 Å². The summed E-state index contributed by atoms with van der Waals surface area (Å²) < 4.78 is 5.70. The van der Waals surface area contributed by atoms with E-state index in [1.54, 1.807) is 0 Å². The Hall–Kier alpha value is -0.630. The highest BCUT2D eigenvalue weighted by atomic mass is 32.2. The van der Waals surface area contributed by atoms with Crippen LogP contribution in [-0.2, 0) is 0 Å². The molecule has 0 saturated heterocycles. The van der Waals surface area contributed by atoms with Crippen molar-refractivity contribution in [3.8, 4) is 5.75 Å². The fourth-order valence-electron chi connectivity index (χ4n) is 1.22. The third-order valence-electron chi connectivity index (χ3n) is 2.03. The average Bonchev–Trinajstić information content (AvgIpc) is 2.18. The molecule has 1 aromatic carbocycles. The number of benzene rings is 1. The van der Waals surface area contributed by atoms with Crippen molar-refractivity contribution in [2.24, 2.45) is 0 Å². The zero-order valence-electron chi connectivity index (χ0n) is 9.17. The van der Waals surface area contributed by atoms with Crippen LogP contribution in [0, 0.1) is 13.8 Å². The monoisotopic (exact) mass is 210 g/mol. The number of hydrogen-bond donors (Lipinski definition) is 0. The van der Waals surface area contributed by atoms with Crippen LogP contribution in [0.3, 0.4) is 0 Å². The first-order chi connectivity index (χ1) is 6.74. The van der Waals surface area contributed by atoms with Gasteiger partial charge in [0.25, 0.3) is 0 Å². The molecule has 1 rings (SSSR count). The molecule has 0 heterocycles. The summed E-state index contributed by atoms with van der Waals surface area (Å²) in [5.74, 6) is 3.27. The molecule has 14 heavy (non-hydrogen) atoms. The number of thioether (sulfide) groups is 1. The van der Waals surface area contributed by atoms with E-state index in [4.69, 9.17) is 4.74 Å². The van der Waals surface area contributed by atoms with E-state index in [0.717, 1.165) is 23.9 Å². The molecule has 0 N–H and O–H groups in total. The number of rotatable bonds is 5. The van der Waals surface area contributed by atoms with Crippen molar-refractivity contribution >= 4 is 11.8 Å². The molecule has 0 unspecified atom stereocenters. The van der Waals surface area contributed by atoms with Gasteiger partial charge in [0.15, 0.2) is 0 Å². The molecule has 1 aromatic rings. The summed E-state index contributed by atoms with van der Waals surface area (Å²) in [5, 5.41) is 0. The van der Waals surface area contributed by atoms with E-state index >= 15 is 0 Å². The van der Waals surface area contributed by atoms with E-state index in [1.165, 1.54) is 11.1 Å². The van der Waals surface area contributed by atoms with Crippen LogP contribution in [0.1, 0.15) is 18.1 Å². The minimum absolute atomic E-state index is 0.808. The molecule has 0 bridgehead atoms. The van der Waals surface area contributed by atoms with Gasteiger partial charge in [0.05, 0.1) is 6.61 Å². The smallest absolute Gasteiger partial charge is 0.122 e. The minimum atomic E-state index is 0.808. The molecule has 0 amide bonds. The largest absolute Gasteiger partial charge is 0.492 e. The second-order valence-corrected chi connectivity index (χ2v) is 4.71. The lowest BCUT2D eigenvalue weighted by molar-refractivity contribution is 0.341. The molecule has 0 aromatic heterocycles. The van der Waals surface area contributed by atoms with Gasteiger partial charge in [-0.15, -0.1) is 0 Å². The zero-order chi connectivity index (χ0) is 10.4. The Morgan fingerprint density at radius 3 is 2.79 bits per heavy atom. The van der Waals surface area contributed by atoms with Crippen molar-refractivity contribution in [2.75, 3.05) is 18.1 Å². The SMILES string of the molecule is CCSCCOc1cc(C)ccc1C. The Morgan fingerprint density at radius 1 is 1.29 bits per heavy atom. The molecular weight excluding hydrogens is 192 g/mol. The predicted octanol–water partition coefficient (Wildman–Crippen LogP) is 3.44. The minimum Gasteiger partial charge on any atom is -0.492 e. The fourth-order valence-corrected chi connectivity index (χ4v) is 1.71. The lowest BCUT2D eigenvalue weighted by atomic mass is 10.1. The van der Waals surface area contributed by atoms with Gasteiger partial charge in [-0.3, -0.25) is 0 Å². The highest BCUT2D eigenvalue weighted by molar-refractivity contribution is 7.99. The van der Waals surface area contributed by atoms with Gasteiger partial charge in [-0.1, -0.05) is 19.1 Å². The third-order valence-corrected chi connectivity index (χ3v) is 2.90. The Balaban J connectivity index is 2.45. The van der Waals surface area contributed by atoms with Crippen LogP contribution in [0.2, 0.25) is 0 Å². The van der Waals surface area contributed by atoms with Crippen LogP contribution in [0.5, 0.6) is 5.75 Å². The molecule has 78 valence electrons. The van der Waals surface area contributed by atoms with E-state index in [9.17, 15) is 0 Å². The number of aryl methyl sites for hydroxylation is 2. The van der Waals surface area contributed by atoms with Gasteiger partial charge in [0.2, 0.25) is 0 Å². The van der Waals surface area contributed by atoms with E-state index in [1.807, 2.05) is 11.8 Å². The third kappa shape index (κ3) is 3.62. The van der Waals surface area contributed by atoms with Crippen molar-refractivity contribution < 1.29 is 4.74 Å². The standard InChI is InChI=1S/C12H18OS/c1-4-14-8-7-13-12-9-10(2)5-6-11(12)3/h5-6,9H,4,7-8H2,1-3H3. The van der Waals surface area contributed by atoms with Crippen molar-refractivity contribution in [3.05, 3.63) is 29.3 Å². The summed E-state index contributed by atoms with van der Waals surface area (Å²) in [6.45, 7) is 7.15. The maximum absolute atomic E-state index is 5.70. The van der Waals surface area contributed by atoms with Gasteiger partial charge in [-0.2, -0.15) is 11.8 Å². The van der Waals surface area contributed by atoms with Gasteiger partial charge >= 0.3 is 0 Å². The van der Waals surface area contributed by atoms with Crippen molar-refractivity contribution in [1.29, 1.82) is 0 Å². The zero-order valence-corrected chi connectivity index (χ0v) is 9.99. The summed E-state index contributed by atoms with van der Waals surface area (Å²) in [4.78, 5) is 0. The summed E-state index contributed by atoms with van der Waals surface area (Å²) >= 11 is 1.91. The van der Waals surface area contributed by atoms with Crippen LogP contribution in [-0.4, -0.2) is 18.1 Å². The highest BCUT2D eigenvalue weighted by Crippen LogP contribution is 2.19. The first-order valence-electron chi connectivity index (χ1n) is 5.02. The Kier molecular flexibility index (Phi) is 4.88. The first kappa shape index (κ1) is 11.4. The molecule has 0 atom stereocenters. The maximum Gasteiger partial charge on any atom is 0.122 e. The summed E-state index contributed by atoms with van der Waals surface area (Å²) in [7, 11) is 0. The van der Waals surface area contributed by atoms with Crippen LogP contribution < -0.4 is 4.74 Å². The topological polar surface area (TPSA) is 9.23 Å². The summed E-state index contributed by atoms with van der Waals surface area (Å²) in [6, 6.07) is 6.33. The maximum atomic E-state index is 5.70. The normalized spacial score (nSPS) is 10.2. The highest BCUT2D eigenvalue weighted by Gasteiger charge is 1.98. The van der Waals surface area contributed by atoms with Crippen LogP contribution in [0.15, 0.2) is 18.2 Å². The second-order valence-electron chi connectivity index (χ2n) is 3.31. The van der Waals surface area contributed by atoms with E-state index in [0.29, 0.717) is 0 Å². The van der Waals surface area contributed by atoms with Crippen LogP contribution in [0.4, 0.5) is 0 Å². The first-order valence-corrected chi connectivity index (χ1v) is 6.17. The summed E-state index contributed by atoms with van der Waals surface area (Å²) in [5.41, 5.74) is 2.48. The van der Waals surface area contributed by atoms with Gasteiger partial charge < -0.3 is 4.74 Å². The predicted molar refractivity (Wildman–Crippen MR) is 64.4 cm³/mol. The van der Waals surface area contributed by atoms with Gasteiger partial charge in [-0.25, -0.2) is 0 Å². The van der Waals surface area contributed by atoms with Gasteiger partial charge in [0, 0.05) is 5.75 Å². The van der Waals surface area contributed by atoms with E-state index < -0.39 is 0 Å². The Labute approximate surface area is 90.9 Å². The molecule has 2 heteroatoms. The number of ether oxygens (including phenoxy) is 1. The van der Waals surface area contributed by atoms with E-state index in [-0.39, 0.29) is 0 Å². The van der Waals surface area contributed by atoms with Crippen molar-refractivity contribution in [2.45, 2.75) is 20.8 Å². The summed E-state index contributed by atoms with van der Waals surface area (Å²) in [6.07, 6.45) is 0. The molecule has 0 aliphatic heterocycles. The van der Waals surface area contributed by atoms with Crippen LogP contribution in [0.25, 0.3) is 0 Å². The molecule has 0 aliphatic rings. The second kappa shape index (κ2) is 5.97. The molecule has 0 radical (unpaired) electrons. The van der Waals surface area contributed by atoms with Crippen molar-refractivity contribution in [3.63, 3.8) is 0 Å². The molecular formula is C12H18OS. The van der Waals surface area contributed by atoms with Gasteiger partial charge in [-0.05, 0) is 36.8 Å². The lowest BCUT2D eigenvalue weighted by Crippen LogP contribution is -2.01.